The highest BCUT2D eigenvalue weighted by atomic mass is 19.1. The van der Waals surface area contributed by atoms with Gasteiger partial charge in [0.1, 0.15) is 6.33 Å². The van der Waals surface area contributed by atoms with Crippen molar-refractivity contribution < 1.29 is 9.31 Å². The third kappa shape index (κ3) is 2.90. The zero-order chi connectivity index (χ0) is 18.3. The highest BCUT2D eigenvalue weighted by Gasteiger charge is 2.45. The van der Waals surface area contributed by atoms with E-state index in [1.165, 1.54) is 6.33 Å². The van der Waals surface area contributed by atoms with Crippen LogP contribution in [0.2, 0.25) is 0 Å². The highest BCUT2D eigenvalue weighted by molar-refractivity contribution is 5.43. The van der Waals surface area contributed by atoms with Crippen LogP contribution in [0.5, 0.6) is 0 Å². The Morgan fingerprint density at radius 2 is 1.92 bits per heavy atom. The Hall–Kier alpha value is -2.61. The van der Waals surface area contributed by atoms with Crippen LogP contribution in [0.3, 0.4) is 0 Å². The Balaban J connectivity index is 1.43. The van der Waals surface area contributed by atoms with Crippen LogP contribution in [0.4, 0.5) is 15.9 Å². The van der Waals surface area contributed by atoms with Gasteiger partial charge in [0.15, 0.2) is 11.6 Å². The summed E-state index contributed by atoms with van der Waals surface area (Å²) in [6, 6.07) is 7.40. The number of anilines is 1. The molecule has 136 valence electrons. The van der Waals surface area contributed by atoms with Gasteiger partial charge < -0.3 is 4.90 Å². The molecule has 26 heavy (non-hydrogen) atoms. The van der Waals surface area contributed by atoms with E-state index in [2.05, 4.69) is 14.9 Å². The molecular weight excluding hydrogens is 337 g/mol. The lowest BCUT2D eigenvalue weighted by atomic mass is 9.86. The molecule has 3 aliphatic heterocycles. The summed E-state index contributed by atoms with van der Waals surface area (Å²) in [5.41, 5.74) is 1.62. The minimum absolute atomic E-state index is 0.106. The maximum Gasteiger partial charge on any atom is 0.269 e. The fourth-order valence-corrected chi connectivity index (χ4v) is 3.91. The van der Waals surface area contributed by atoms with Crippen LogP contribution in [0.15, 0.2) is 30.6 Å². The standard InChI is InChI=1S/C18H20FN5O2/c1-2-16-17(19)18(21-11-20-16)22-9-14-7-15(10-22)23(14)8-12-3-5-13(6-4-12)24(25)26/h3-6,11,14-15H,2,7-10H2,1H3. The summed E-state index contributed by atoms with van der Waals surface area (Å²) in [6.45, 7) is 4.11. The molecule has 2 atom stereocenters. The Bertz CT molecular complexity index is 817. The van der Waals surface area contributed by atoms with Crippen LogP contribution in [-0.2, 0) is 13.0 Å². The Morgan fingerprint density at radius 1 is 1.23 bits per heavy atom. The summed E-state index contributed by atoms with van der Waals surface area (Å²) in [4.78, 5) is 22.9. The first-order valence-corrected chi connectivity index (χ1v) is 8.80. The molecule has 0 amide bonds. The molecule has 1 aromatic heterocycles. The van der Waals surface area contributed by atoms with E-state index >= 15 is 0 Å². The van der Waals surface area contributed by atoms with Crippen LogP contribution in [0.1, 0.15) is 24.6 Å². The van der Waals surface area contributed by atoms with Crippen LogP contribution in [0.25, 0.3) is 0 Å². The van der Waals surface area contributed by atoms with Crippen molar-refractivity contribution in [1.29, 1.82) is 0 Å². The molecule has 2 aromatic rings. The predicted octanol–water partition coefficient (Wildman–Crippen LogP) is 2.55. The maximum atomic E-state index is 14.5. The molecule has 0 aliphatic carbocycles. The lowest BCUT2D eigenvalue weighted by Gasteiger charge is -2.56. The topological polar surface area (TPSA) is 75.4 Å². The number of nitro benzene ring substituents is 1. The fraction of sp³-hybridized carbons (Fsp3) is 0.444. The van der Waals surface area contributed by atoms with E-state index in [1.807, 2.05) is 24.0 Å². The number of piperidine rings is 1. The minimum Gasteiger partial charge on any atom is -0.351 e. The average Bonchev–Trinajstić information content (AvgIpc) is 2.66. The largest absolute Gasteiger partial charge is 0.351 e. The molecule has 3 aliphatic rings. The molecule has 0 radical (unpaired) electrons. The quantitative estimate of drug-likeness (QED) is 0.605. The monoisotopic (exact) mass is 357 g/mol. The van der Waals surface area contributed by atoms with E-state index in [0.717, 1.165) is 31.6 Å². The number of benzene rings is 1. The summed E-state index contributed by atoms with van der Waals surface area (Å²) < 4.78 is 14.5. The van der Waals surface area contributed by atoms with Crippen molar-refractivity contribution in [3.8, 4) is 0 Å². The van der Waals surface area contributed by atoms with Crippen LogP contribution in [-0.4, -0.2) is 45.0 Å². The number of piperazine rings is 1. The molecule has 3 fully saturated rings. The summed E-state index contributed by atoms with van der Waals surface area (Å²) in [6.07, 6.45) is 3.08. The SMILES string of the molecule is CCc1ncnc(N2CC3CC(C2)N3Cc2ccc([N+](=O)[O-])cc2)c1F. The first kappa shape index (κ1) is 16.8. The second kappa shape index (κ2) is 6.60. The van der Waals surface area contributed by atoms with Gasteiger partial charge in [-0.3, -0.25) is 15.0 Å². The Kier molecular flexibility index (Phi) is 4.28. The van der Waals surface area contributed by atoms with E-state index in [9.17, 15) is 14.5 Å². The van der Waals surface area contributed by atoms with Gasteiger partial charge >= 0.3 is 0 Å². The van der Waals surface area contributed by atoms with Crippen LogP contribution < -0.4 is 4.90 Å². The zero-order valence-corrected chi connectivity index (χ0v) is 14.5. The molecular formula is C18H20FN5O2. The smallest absolute Gasteiger partial charge is 0.269 e. The van der Waals surface area contributed by atoms with E-state index in [4.69, 9.17) is 0 Å². The van der Waals surface area contributed by atoms with Crippen molar-refractivity contribution >= 4 is 11.5 Å². The van der Waals surface area contributed by atoms with Crippen LogP contribution >= 0.6 is 0 Å². The van der Waals surface area contributed by atoms with Gasteiger partial charge in [-0.1, -0.05) is 19.1 Å². The molecule has 5 rings (SSSR count). The molecule has 0 spiro atoms. The third-order valence-corrected chi connectivity index (χ3v) is 5.33. The highest BCUT2D eigenvalue weighted by Crippen LogP contribution is 2.36. The van der Waals surface area contributed by atoms with Gasteiger partial charge in [0.05, 0.1) is 10.6 Å². The number of hydrogen-bond acceptors (Lipinski definition) is 6. The second-order valence-electron chi connectivity index (χ2n) is 6.86. The lowest BCUT2D eigenvalue weighted by molar-refractivity contribution is -0.384. The number of aryl methyl sites for hydroxylation is 1. The minimum atomic E-state index is -0.388. The number of non-ortho nitro benzene ring substituents is 1. The number of halogens is 1. The average molecular weight is 357 g/mol. The van der Waals surface area contributed by atoms with Crippen molar-refractivity contribution in [2.45, 2.75) is 38.4 Å². The lowest BCUT2D eigenvalue weighted by Crippen LogP contribution is -2.68. The van der Waals surface area contributed by atoms with E-state index < -0.39 is 0 Å². The van der Waals surface area contributed by atoms with Gasteiger partial charge in [0.25, 0.3) is 5.69 Å². The van der Waals surface area contributed by atoms with Crippen molar-refractivity contribution in [2.75, 3.05) is 18.0 Å². The molecule has 3 saturated heterocycles. The predicted molar refractivity (Wildman–Crippen MR) is 94.4 cm³/mol. The van der Waals surface area contributed by atoms with E-state index in [1.54, 1.807) is 12.1 Å². The van der Waals surface area contributed by atoms with Crippen molar-refractivity contribution in [3.05, 3.63) is 57.8 Å². The number of aromatic nitrogens is 2. The summed E-state index contributed by atoms with van der Waals surface area (Å²) in [5, 5.41) is 10.8. The normalized spacial score (nSPS) is 22.2. The molecule has 0 saturated carbocycles. The third-order valence-electron chi connectivity index (χ3n) is 5.33. The van der Waals surface area contributed by atoms with Crippen LogP contribution in [0, 0.1) is 15.9 Å². The van der Waals surface area contributed by atoms with Crippen molar-refractivity contribution in [3.63, 3.8) is 0 Å². The summed E-state index contributed by atoms with van der Waals surface area (Å²) >= 11 is 0. The van der Waals surface area contributed by atoms with E-state index in [-0.39, 0.29) is 16.4 Å². The van der Waals surface area contributed by atoms with Gasteiger partial charge in [-0.25, -0.2) is 14.4 Å². The second-order valence-corrected chi connectivity index (χ2v) is 6.86. The summed E-state index contributed by atoms with van der Waals surface area (Å²) in [5.74, 6) is 0.0970. The molecule has 7 nitrogen and oxygen atoms in total. The van der Waals surface area contributed by atoms with Gasteiger partial charge in [0.2, 0.25) is 0 Å². The van der Waals surface area contributed by atoms with Crippen molar-refractivity contribution in [2.24, 2.45) is 0 Å². The number of nitrogens with zero attached hydrogens (tertiary/aromatic N) is 5. The molecule has 2 unspecified atom stereocenters. The molecule has 1 aromatic carbocycles. The number of rotatable bonds is 5. The number of fused-ring (bicyclic) bond motifs is 2. The first-order valence-electron chi connectivity index (χ1n) is 8.80. The Labute approximate surface area is 150 Å². The maximum absolute atomic E-state index is 14.5. The number of nitro groups is 1. The van der Waals surface area contributed by atoms with Gasteiger partial charge in [0, 0.05) is 43.9 Å². The van der Waals surface area contributed by atoms with Gasteiger partial charge in [-0.15, -0.1) is 0 Å². The number of hydrogen-bond donors (Lipinski definition) is 0. The summed E-state index contributed by atoms with van der Waals surface area (Å²) in [7, 11) is 0. The molecule has 0 N–H and O–H groups in total. The fourth-order valence-electron chi connectivity index (χ4n) is 3.91. The van der Waals surface area contributed by atoms with E-state index in [0.29, 0.717) is 30.0 Å². The molecule has 4 heterocycles. The van der Waals surface area contributed by atoms with Crippen molar-refractivity contribution in [1.82, 2.24) is 14.9 Å². The zero-order valence-electron chi connectivity index (χ0n) is 14.5. The van der Waals surface area contributed by atoms with Gasteiger partial charge in [-0.2, -0.15) is 0 Å². The molecule has 2 bridgehead atoms. The molecule has 8 heteroatoms. The van der Waals surface area contributed by atoms with Gasteiger partial charge in [-0.05, 0) is 18.4 Å². The Morgan fingerprint density at radius 3 is 2.54 bits per heavy atom. The first-order chi connectivity index (χ1) is 12.6.